The number of hydrogen-bond donors (Lipinski definition) is 0. The van der Waals surface area contributed by atoms with Gasteiger partial charge in [0.25, 0.3) is 0 Å². The first-order valence-electron chi connectivity index (χ1n) is 9.47. The third-order valence-electron chi connectivity index (χ3n) is 4.69. The highest BCUT2D eigenvalue weighted by atomic mass is 35.5. The average molecular weight is 428 g/mol. The van der Waals surface area contributed by atoms with Gasteiger partial charge < -0.3 is 9.32 Å². The molecule has 2 heterocycles. The second-order valence-corrected chi connectivity index (χ2v) is 9.62. The number of nitrogens with zero attached hydrogens (tertiary/aromatic N) is 3. The molecule has 0 N–H and O–H groups in total. The van der Waals surface area contributed by atoms with Crippen molar-refractivity contribution in [2.24, 2.45) is 0 Å². The number of thioether (sulfide) groups is 1. The van der Waals surface area contributed by atoms with Crippen molar-refractivity contribution in [3.63, 3.8) is 0 Å². The number of halogens is 1. The van der Waals surface area contributed by atoms with E-state index >= 15 is 0 Å². The van der Waals surface area contributed by atoms with Crippen molar-refractivity contribution >= 4 is 35.0 Å². The minimum atomic E-state index is -0.219. The van der Waals surface area contributed by atoms with Gasteiger partial charge in [-0.15, -0.1) is 22.0 Å². The molecule has 4 rings (SSSR count). The molecule has 2 aromatic carbocycles. The number of rotatable bonds is 3. The molecule has 1 amide bonds. The van der Waals surface area contributed by atoms with E-state index in [9.17, 15) is 4.79 Å². The maximum atomic E-state index is 12.9. The van der Waals surface area contributed by atoms with E-state index in [2.05, 4.69) is 10.2 Å². The Hall–Kier alpha value is -2.31. The number of hydrogen-bond acceptors (Lipinski definition) is 5. The summed E-state index contributed by atoms with van der Waals surface area (Å²) in [5.74, 6) is 1.91. The molecule has 1 aliphatic heterocycles. The van der Waals surface area contributed by atoms with Crippen LogP contribution in [0, 0.1) is 0 Å². The Balaban J connectivity index is 1.72. The lowest BCUT2D eigenvalue weighted by Crippen LogP contribution is -2.29. The molecule has 29 heavy (non-hydrogen) atoms. The SMILES string of the molecule is CC(C)(C)c1nnc(-c2ccc3c(c2)N(Cc2ccc(Cl)cc2)C(=O)CCS3)o1. The van der Waals surface area contributed by atoms with Crippen molar-refractivity contribution in [3.8, 4) is 11.5 Å². The summed E-state index contributed by atoms with van der Waals surface area (Å²) in [6, 6.07) is 13.6. The Morgan fingerprint density at radius 3 is 2.59 bits per heavy atom. The van der Waals surface area contributed by atoms with Gasteiger partial charge in [0.1, 0.15) is 0 Å². The van der Waals surface area contributed by atoms with E-state index in [4.69, 9.17) is 16.0 Å². The van der Waals surface area contributed by atoms with E-state index in [0.29, 0.717) is 29.8 Å². The zero-order valence-electron chi connectivity index (χ0n) is 16.6. The first-order valence-corrected chi connectivity index (χ1v) is 10.8. The van der Waals surface area contributed by atoms with E-state index in [-0.39, 0.29) is 11.3 Å². The van der Waals surface area contributed by atoms with Crippen molar-refractivity contribution < 1.29 is 9.21 Å². The largest absolute Gasteiger partial charge is 0.420 e. The third-order valence-corrected chi connectivity index (χ3v) is 6.01. The standard InChI is InChI=1S/C22H22ClN3O2S/c1-22(2,3)21-25-24-20(28-21)15-6-9-18-17(12-15)26(19(27)10-11-29-18)13-14-4-7-16(23)8-5-14/h4-9,12H,10-11,13H2,1-3H3. The van der Waals surface area contributed by atoms with Gasteiger partial charge in [-0.05, 0) is 35.9 Å². The first kappa shape index (κ1) is 20.0. The van der Waals surface area contributed by atoms with Gasteiger partial charge in [-0.2, -0.15) is 0 Å². The third kappa shape index (κ3) is 4.33. The van der Waals surface area contributed by atoms with Crippen molar-refractivity contribution in [3.05, 3.63) is 58.9 Å². The molecule has 0 atom stereocenters. The lowest BCUT2D eigenvalue weighted by Gasteiger charge is -2.23. The Kier molecular flexibility index (Phi) is 5.40. The Bertz CT molecular complexity index is 1040. The number of fused-ring (bicyclic) bond motifs is 1. The fourth-order valence-corrected chi connectivity index (χ4v) is 4.19. The molecule has 7 heteroatoms. The fourth-order valence-electron chi connectivity index (χ4n) is 3.09. The van der Waals surface area contributed by atoms with Gasteiger partial charge in [-0.1, -0.05) is 44.5 Å². The Morgan fingerprint density at radius 1 is 1.14 bits per heavy atom. The van der Waals surface area contributed by atoms with Gasteiger partial charge in [0.15, 0.2) is 0 Å². The zero-order valence-corrected chi connectivity index (χ0v) is 18.2. The average Bonchev–Trinajstić information content (AvgIpc) is 3.13. The number of aromatic nitrogens is 2. The second kappa shape index (κ2) is 7.84. The quantitative estimate of drug-likeness (QED) is 0.535. The summed E-state index contributed by atoms with van der Waals surface area (Å²) in [5.41, 5.74) is 2.49. The number of carbonyl (C=O) groups is 1. The van der Waals surface area contributed by atoms with Crippen LogP contribution in [0.15, 0.2) is 51.8 Å². The minimum Gasteiger partial charge on any atom is -0.420 e. The molecule has 1 aliphatic rings. The molecular formula is C22H22ClN3O2S. The van der Waals surface area contributed by atoms with Crippen LogP contribution >= 0.6 is 23.4 Å². The summed E-state index contributed by atoms with van der Waals surface area (Å²) in [5, 5.41) is 9.09. The first-order chi connectivity index (χ1) is 13.8. The summed E-state index contributed by atoms with van der Waals surface area (Å²) >= 11 is 7.70. The Morgan fingerprint density at radius 2 is 1.90 bits per heavy atom. The number of benzene rings is 2. The van der Waals surface area contributed by atoms with Crippen LogP contribution in [0.4, 0.5) is 5.69 Å². The molecule has 5 nitrogen and oxygen atoms in total. The molecule has 0 bridgehead atoms. The molecule has 150 valence electrons. The summed E-state index contributed by atoms with van der Waals surface area (Å²) in [7, 11) is 0. The highest BCUT2D eigenvalue weighted by Crippen LogP contribution is 2.38. The molecular weight excluding hydrogens is 406 g/mol. The van der Waals surface area contributed by atoms with Crippen molar-refractivity contribution in [2.75, 3.05) is 10.7 Å². The molecule has 1 aromatic heterocycles. The van der Waals surface area contributed by atoms with E-state index < -0.39 is 0 Å². The van der Waals surface area contributed by atoms with Crippen LogP contribution in [0.3, 0.4) is 0 Å². The summed E-state index contributed by atoms with van der Waals surface area (Å²) < 4.78 is 5.90. The minimum absolute atomic E-state index is 0.101. The van der Waals surface area contributed by atoms with Gasteiger partial charge in [0.05, 0.1) is 12.2 Å². The smallest absolute Gasteiger partial charge is 0.247 e. The van der Waals surface area contributed by atoms with Crippen LogP contribution in [0.1, 0.15) is 38.6 Å². The Labute approximate surface area is 179 Å². The van der Waals surface area contributed by atoms with Crippen LogP contribution in [0.2, 0.25) is 5.02 Å². The van der Waals surface area contributed by atoms with E-state index in [0.717, 1.165) is 27.5 Å². The lowest BCUT2D eigenvalue weighted by molar-refractivity contribution is -0.118. The predicted octanol–water partition coefficient (Wildman–Crippen LogP) is 5.72. The van der Waals surface area contributed by atoms with Gasteiger partial charge in [0, 0.05) is 33.1 Å². The molecule has 0 spiro atoms. The molecule has 3 aromatic rings. The van der Waals surface area contributed by atoms with Crippen LogP contribution in [0.5, 0.6) is 0 Å². The topological polar surface area (TPSA) is 59.2 Å². The second-order valence-electron chi connectivity index (χ2n) is 8.05. The predicted molar refractivity (Wildman–Crippen MR) is 116 cm³/mol. The summed E-state index contributed by atoms with van der Waals surface area (Å²) in [4.78, 5) is 15.8. The number of carbonyl (C=O) groups excluding carboxylic acids is 1. The lowest BCUT2D eigenvalue weighted by atomic mass is 9.97. The van der Waals surface area contributed by atoms with Crippen molar-refractivity contribution in [2.45, 2.75) is 44.0 Å². The van der Waals surface area contributed by atoms with Crippen LogP contribution in [-0.4, -0.2) is 21.9 Å². The van der Waals surface area contributed by atoms with Crippen LogP contribution in [-0.2, 0) is 16.8 Å². The maximum absolute atomic E-state index is 12.9. The molecule has 0 unspecified atom stereocenters. The van der Waals surface area contributed by atoms with Gasteiger partial charge >= 0.3 is 0 Å². The van der Waals surface area contributed by atoms with Gasteiger partial charge in [-0.3, -0.25) is 4.79 Å². The molecule has 0 fully saturated rings. The van der Waals surface area contributed by atoms with Crippen molar-refractivity contribution in [1.82, 2.24) is 10.2 Å². The molecule has 0 saturated carbocycles. The van der Waals surface area contributed by atoms with Crippen LogP contribution in [0.25, 0.3) is 11.5 Å². The van der Waals surface area contributed by atoms with Gasteiger partial charge in [-0.25, -0.2) is 0 Å². The van der Waals surface area contributed by atoms with E-state index in [1.165, 1.54) is 0 Å². The molecule has 0 aliphatic carbocycles. The number of anilines is 1. The van der Waals surface area contributed by atoms with Gasteiger partial charge in [0.2, 0.25) is 17.7 Å². The summed E-state index contributed by atoms with van der Waals surface area (Å²) in [6.45, 7) is 6.59. The molecule has 0 saturated heterocycles. The number of amides is 1. The highest BCUT2D eigenvalue weighted by Gasteiger charge is 2.26. The van der Waals surface area contributed by atoms with E-state index in [1.807, 2.05) is 68.1 Å². The van der Waals surface area contributed by atoms with Crippen molar-refractivity contribution in [1.29, 1.82) is 0 Å². The normalized spacial score (nSPS) is 14.6. The van der Waals surface area contributed by atoms with Crippen LogP contribution < -0.4 is 4.90 Å². The molecule has 0 radical (unpaired) electrons. The monoisotopic (exact) mass is 427 g/mol. The van der Waals surface area contributed by atoms with E-state index in [1.54, 1.807) is 11.8 Å². The highest BCUT2D eigenvalue weighted by molar-refractivity contribution is 7.99. The maximum Gasteiger partial charge on any atom is 0.247 e. The summed E-state index contributed by atoms with van der Waals surface area (Å²) in [6.07, 6.45) is 0.497. The fraction of sp³-hybridized carbons (Fsp3) is 0.318. The zero-order chi connectivity index (χ0) is 20.6.